The van der Waals surface area contributed by atoms with Gasteiger partial charge in [0.25, 0.3) is 10.2 Å². The summed E-state index contributed by atoms with van der Waals surface area (Å²) in [6.45, 7) is 1.85. The lowest BCUT2D eigenvalue weighted by Crippen LogP contribution is -2.48. The second-order valence-corrected chi connectivity index (χ2v) is 7.63. The first-order valence-corrected chi connectivity index (χ1v) is 8.89. The largest absolute Gasteiger partial charge is 0.379 e. The van der Waals surface area contributed by atoms with Crippen molar-refractivity contribution >= 4 is 10.2 Å². The minimum absolute atomic E-state index is 0.0530. The second-order valence-electron chi connectivity index (χ2n) is 5.64. The van der Waals surface area contributed by atoms with E-state index in [1.807, 2.05) is 12.1 Å². The number of fused-ring (bicyclic) bond motifs is 1. The maximum absolute atomic E-state index is 12.8. The number of ether oxygens (including phenoxy) is 1. The topological polar surface area (TPSA) is 49.9 Å². The van der Waals surface area contributed by atoms with Crippen LogP contribution < -0.4 is 0 Å². The zero-order valence-electron chi connectivity index (χ0n) is 12.4. The number of rotatable bonds is 3. The van der Waals surface area contributed by atoms with Gasteiger partial charge in [-0.05, 0) is 30.4 Å². The van der Waals surface area contributed by atoms with E-state index in [4.69, 9.17) is 4.74 Å². The van der Waals surface area contributed by atoms with Crippen LogP contribution in [0.5, 0.6) is 0 Å². The highest BCUT2D eigenvalue weighted by molar-refractivity contribution is 7.86. The maximum atomic E-state index is 12.8. The Kier molecular flexibility index (Phi) is 4.31. The maximum Gasteiger partial charge on any atom is 0.282 e. The Balaban J connectivity index is 1.87. The SMILES string of the molecule is CN([C@H]1CCCc2ccccc21)S(=O)(=O)N1CCOCC1. The van der Waals surface area contributed by atoms with Crippen molar-refractivity contribution in [1.82, 2.24) is 8.61 Å². The van der Waals surface area contributed by atoms with Gasteiger partial charge in [-0.15, -0.1) is 0 Å². The van der Waals surface area contributed by atoms with Gasteiger partial charge in [-0.2, -0.15) is 17.0 Å². The van der Waals surface area contributed by atoms with Crippen LogP contribution >= 0.6 is 0 Å². The Hall–Kier alpha value is -0.950. The number of aryl methyl sites for hydroxylation is 1. The van der Waals surface area contributed by atoms with E-state index in [9.17, 15) is 8.42 Å². The van der Waals surface area contributed by atoms with Crippen LogP contribution in [0.4, 0.5) is 0 Å². The van der Waals surface area contributed by atoms with Crippen molar-refractivity contribution in [3.05, 3.63) is 35.4 Å². The molecule has 5 nitrogen and oxygen atoms in total. The summed E-state index contributed by atoms with van der Waals surface area (Å²) >= 11 is 0. The average molecular weight is 310 g/mol. The molecule has 1 aromatic rings. The first kappa shape index (κ1) is 15.0. The normalized spacial score (nSPS) is 24.0. The van der Waals surface area contributed by atoms with Crippen molar-refractivity contribution in [2.75, 3.05) is 33.4 Å². The van der Waals surface area contributed by atoms with Crippen LogP contribution in [-0.4, -0.2) is 50.4 Å². The van der Waals surface area contributed by atoms with Crippen molar-refractivity contribution in [1.29, 1.82) is 0 Å². The molecular weight excluding hydrogens is 288 g/mol. The molecule has 6 heteroatoms. The third-order valence-corrected chi connectivity index (χ3v) is 6.44. The molecule has 0 bridgehead atoms. The third-order valence-electron chi connectivity index (χ3n) is 4.44. The summed E-state index contributed by atoms with van der Waals surface area (Å²) in [5, 5.41) is 0. The van der Waals surface area contributed by atoms with Crippen LogP contribution in [0, 0.1) is 0 Å². The fraction of sp³-hybridized carbons (Fsp3) is 0.600. The summed E-state index contributed by atoms with van der Waals surface area (Å²) < 4.78 is 33.9. The van der Waals surface area contributed by atoms with Gasteiger partial charge in [-0.1, -0.05) is 24.3 Å². The molecule has 0 saturated carbocycles. The van der Waals surface area contributed by atoms with Crippen molar-refractivity contribution in [2.24, 2.45) is 0 Å². The van der Waals surface area contributed by atoms with E-state index in [2.05, 4.69) is 12.1 Å². The van der Waals surface area contributed by atoms with Crippen LogP contribution in [0.25, 0.3) is 0 Å². The summed E-state index contributed by atoms with van der Waals surface area (Å²) in [4.78, 5) is 0. The molecule has 0 radical (unpaired) electrons. The minimum atomic E-state index is -3.42. The van der Waals surface area contributed by atoms with E-state index in [0.717, 1.165) is 24.8 Å². The molecule has 0 spiro atoms. The van der Waals surface area contributed by atoms with Crippen LogP contribution in [0.3, 0.4) is 0 Å². The highest BCUT2D eigenvalue weighted by atomic mass is 32.2. The van der Waals surface area contributed by atoms with Gasteiger partial charge in [0.05, 0.1) is 19.3 Å². The predicted molar refractivity (Wildman–Crippen MR) is 81.2 cm³/mol. The number of benzene rings is 1. The van der Waals surface area contributed by atoms with Gasteiger partial charge in [0.1, 0.15) is 0 Å². The first-order chi connectivity index (χ1) is 10.1. The Morgan fingerprint density at radius 2 is 1.95 bits per heavy atom. The molecule has 1 fully saturated rings. The highest BCUT2D eigenvalue weighted by Gasteiger charge is 2.35. The molecule has 1 aromatic carbocycles. The molecule has 21 heavy (non-hydrogen) atoms. The molecule has 1 heterocycles. The van der Waals surface area contributed by atoms with E-state index < -0.39 is 10.2 Å². The zero-order chi connectivity index (χ0) is 14.9. The molecule has 1 saturated heterocycles. The standard InChI is InChI=1S/C15H22N2O3S/c1-16(21(18,19)17-9-11-20-12-10-17)15-8-4-6-13-5-2-3-7-14(13)15/h2-3,5,7,15H,4,6,8-12H2,1H3/t15-/m0/s1. The summed E-state index contributed by atoms with van der Waals surface area (Å²) in [6, 6.07) is 8.13. The molecule has 116 valence electrons. The molecule has 2 aliphatic rings. The fourth-order valence-electron chi connectivity index (χ4n) is 3.23. The Morgan fingerprint density at radius 3 is 2.71 bits per heavy atom. The van der Waals surface area contributed by atoms with Gasteiger partial charge in [-0.25, -0.2) is 0 Å². The molecule has 3 rings (SSSR count). The molecule has 1 aliphatic carbocycles. The molecule has 0 unspecified atom stereocenters. The van der Waals surface area contributed by atoms with Crippen molar-refractivity contribution in [3.63, 3.8) is 0 Å². The van der Waals surface area contributed by atoms with Gasteiger partial charge in [-0.3, -0.25) is 0 Å². The first-order valence-electron chi connectivity index (χ1n) is 7.49. The fourth-order valence-corrected chi connectivity index (χ4v) is 4.74. The quantitative estimate of drug-likeness (QED) is 0.851. The van der Waals surface area contributed by atoms with Gasteiger partial charge < -0.3 is 4.74 Å². The van der Waals surface area contributed by atoms with E-state index in [-0.39, 0.29) is 6.04 Å². The number of nitrogens with zero attached hydrogens (tertiary/aromatic N) is 2. The van der Waals surface area contributed by atoms with Crippen molar-refractivity contribution in [3.8, 4) is 0 Å². The predicted octanol–water partition coefficient (Wildman–Crippen LogP) is 1.57. The van der Waals surface area contributed by atoms with Crippen LogP contribution in [0.2, 0.25) is 0 Å². The summed E-state index contributed by atoms with van der Waals surface area (Å²) in [6.07, 6.45) is 2.96. The smallest absolute Gasteiger partial charge is 0.282 e. The van der Waals surface area contributed by atoms with Crippen molar-refractivity contribution < 1.29 is 13.2 Å². The molecule has 0 aromatic heterocycles. The summed E-state index contributed by atoms with van der Waals surface area (Å²) in [7, 11) is -1.71. The molecule has 1 aliphatic heterocycles. The minimum Gasteiger partial charge on any atom is -0.379 e. The van der Waals surface area contributed by atoms with Gasteiger partial charge >= 0.3 is 0 Å². The van der Waals surface area contributed by atoms with Crippen LogP contribution in [-0.2, 0) is 21.4 Å². The summed E-state index contributed by atoms with van der Waals surface area (Å²) in [5.74, 6) is 0. The number of hydrogen-bond acceptors (Lipinski definition) is 3. The van der Waals surface area contributed by atoms with Crippen LogP contribution in [0.15, 0.2) is 24.3 Å². The highest BCUT2D eigenvalue weighted by Crippen LogP contribution is 2.35. The van der Waals surface area contributed by atoms with E-state index in [1.165, 1.54) is 9.87 Å². The Bertz CT molecular complexity index is 597. The third kappa shape index (κ3) is 2.85. The van der Waals surface area contributed by atoms with E-state index in [0.29, 0.717) is 26.3 Å². The number of hydrogen-bond donors (Lipinski definition) is 0. The molecule has 1 atom stereocenters. The van der Waals surface area contributed by atoms with Crippen molar-refractivity contribution in [2.45, 2.75) is 25.3 Å². The molecular formula is C15H22N2O3S. The Labute approximate surface area is 126 Å². The van der Waals surface area contributed by atoms with E-state index in [1.54, 1.807) is 11.4 Å². The van der Waals surface area contributed by atoms with Gasteiger partial charge in [0.2, 0.25) is 0 Å². The lowest BCUT2D eigenvalue weighted by Gasteiger charge is -2.36. The lowest BCUT2D eigenvalue weighted by atomic mass is 9.88. The monoisotopic (exact) mass is 310 g/mol. The summed E-state index contributed by atoms with van der Waals surface area (Å²) in [5.41, 5.74) is 2.43. The van der Waals surface area contributed by atoms with Crippen LogP contribution in [0.1, 0.15) is 30.0 Å². The number of morpholine rings is 1. The lowest BCUT2D eigenvalue weighted by molar-refractivity contribution is 0.0696. The zero-order valence-corrected chi connectivity index (χ0v) is 13.2. The second kappa shape index (κ2) is 6.04. The van der Waals surface area contributed by atoms with Gasteiger partial charge in [0, 0.05) is 20.1 Å². The van der Waals surface area contributed by atoms with Gasteiger partial charge in [0.15, 0.2) is 0 Å². The Morgan fingerprint density at radius 1 is 1.24 bits per heavy atom. The average Bonchev–Trinajstić information content (AvgIpc) is 2.54. The van der Waals surface area contributed by atoms with E-state index >= 15 is 0 Å². The molecule has 0 amide bonds. The molecule has 0 N–H and O–H groups in total.